The molecule has 10 nitrogen and oxygen atoms in total. The van der Waals surface area contributed by atoms with Crippen molar-refractivity contribution in [3.63, 3.8) is 0 Å². The van der Waals surface area contributed by atoms with Crippen molar-refractivity contribution in [2.45, 2.75) is 25.3 Å². The highest BCUT2D eigenvalue weighted by Crippen LogP contribution is 3.02. The third kappa shape index (κ3) is 7.21. The number of halogens is 5. The van der Waals surface area contributed by atoms with Crippen LogP contribution in [0, 0.1) is 13.8 Å². The van der Waals surface area contributed by atoms with Crippen LogP contribution in [-0.4, -0.2) is 75.1 Å². The number of amides is 1. The predicted octanol–water partition coefficient (Wildman–Crippen LogP) is 8.32. The van der Waals surface area contributed by atoms with Crippen LogP contribution in [0.2, 0.25) is 0 Å². The fourth-order valence-corrected chi connectivity index (χ4v) is 6.97. The molecule has 1 aliphatic heterocycles. The molecule has 0 bridgehead atoms. The van der Waals surface area contributed by atoms with Gasteiger partial charge in [-0.25, -0.2) is 4.52 Å². The van der Waals surface area contributed by atoms with Gasteiger partial charge in [-0.15, -0.1) is 0 Å². The number of anilines is 2. The number of hydrogen-bond acceptors (Lipinski definition) is 6. The SMILES string of the molecule is COc1ccc(Cn2cc(-c3cc4n(-c5cc(NC(=O)c6cc(N7CCN(C)CC7)cc(S(F)(F)(F)(F)F)c6)ccc5C)cc(C)n4n3)cn2)cc1. The third-order valence-electron chi connectivity index (χ3n) is 9.21. The van der Waals surface area contributed by atoms with Gasteiger partial charge in [-0.1, -0.05) is 37.6 Å². The Bertz CT molecular complexity index is 2310. The number of imidazole rings is 1. The van der Waals surface area contributed by atoms with Crippen LogP contribution >= 0.6 is 10.2 Å². The molecule has 7 rings (SSSR count). The number of hydrogen-bond donors (Lipinski definition) is 1. The molecule has 0 radical (unpaired) electrons. The Labute approximate surface area is 296 Å². The molecule has 0 atom stereocenters. The highest BCUT2D eigenvalue weighted by molar-refractivity contribution is 8.45. The molecule has 0 unspecified atom stereocenters. The van der Waals surface area contributed by atoms with Crippen molar-refractivity contribution in [3.8, 4) is 22.7 Å². The molecular formula is C36H37F5N8O2S. The lowest BCUT2D eigenvalue weighted by atomic mass is 10.1. The maximum Gasteiger partial charge on any atom is 0.310 e. The zero-order chi connectivity index (χ0) is 37.1. The van der Waals surface area contributed by atoms with Gasteiger partial charge in [-0.05, 0) is 74.5 Å². The molecule has 1 fully saturated rings. The van der Waals surface area contributed by atoms with E-state index in [1.807, 2.05) is 77.8 Å². The minimum atomic E-state index is -10.1. The van der Waals surface area contributed by atoms with E-state index in [0.717, 1.165) is 33.8 Å². The molecule has 1 amide bonds. The maximum atomic E-state index is 14.1. The Balaban J connectivity index is 1.17. The van der Waals surface area contributed by atoms with Gasteiger partial charge in [0.2, 0.25) is 0 Å². The lowest BCUT2D eigenvalue weighted by molar-refractivity contribution is 0.102. The first-order valence-corrected chi connectivity index (χ1v) is 18.4. The Kier molecular flexibility index (Phi) is 8.17. The van der Waals surface area contributed by atoms with Crippen molar-refractivity contribution in [1.82, 2.24) is 28.9 Å². The van der Waals surface area contributed by atoms with E-state index >= 15 is 0 Å². The number of nitrogens with zero attached hydrogens (tertiary/aromatic N) is 7. The van der Waals surface area contributed by atoms with E-state index in [1.54, 1.807) is 40.9 Å². The number of ether oxygens (including phenoxy) is 1. The average Bonchev–Trinajstić information content (AvgIpc) is 3.82. The second-order valence-electron chi connectivity index (χ2n) is 13.1. The normalized spacial score (nSPS) is 15.4. The van der Waals surface area contributed by atoms with Gasteiger partial charge in [0, 0.05) is 67.1 Å². The molecule has 0 aliphatic carbocycles. The van der Waals surface area contributed by atoms with Gasteiger partial charge < -0.3 is 19.9 Å². The van der Waals surface area contributed by atoms with Crippen LogP contribution < -0.4 is 15.0 Å². The second kappa shape index (κ2) is 12.1. The molecule has 3 aromatic carbocycles. The highest BCUT2D eigenvalue weighted by Gasteiger charge is 2.65. The molecule has 6 aromatic rings. The van der Waals surface area contributed by atoms with Crippen molar-refractivity contribution in [1.29, 1.82) is 0 Å². The highest BCUT2D eigenvalue weighted by atomic mass is 32.5. The van der Waals surface area contributed by atoms with Gasteiger partial charge in [0.1, 0.15) is 16.3 Å². The molecule has 0 spiro atoms. The smallest absolute Gasteiger partial charge is 0.310 e. The van der Waals surface area contributed by atoms with Crippen molar-refractivity contribution < 1.29 is 29.0 Å². The lowest BCUT2D eigenvalue weighted by Gasteiger charge is -2.42. The number of rotatable bonds is 9. The number of nitrogens with one attached hydrogen (secondary N) is 1. The Morgan fingerprint density at radius 3 is 2.33 bits per heavy atom. The first-order chi connectivity index (χ1) is 24.4. The number of carbonyl (C=O) groups excluding carboxylic acids is 1. The number of aromatic nitrogens is 5. The van der Waals surface area contributed by atoms with Crippen molar-refractivity contribution in [3.05, 3.63) is 108 Å². The summed E-state index contributed by atoms with van der Waals surface area (Å²) in [5.74, 6) is -0.172. The quantitative estimate of drug-likeness (QED) is 0.150. The molecule has 4 heterocycles. The Hall–Kier alpha value is -5.35. The third-order valence-corrected chi connectivity index (χ3v) is 10.3. The zero-order valence-electron chi connectivity index (χ0n) is 28.9. The van der Waals surface area contributed by atoms with Gasteiger partial charge in [0.15, 0.2) is 0 Å². The van der Waals surface area contributed by atoms with E-state index in [4.69, 9.17) is 9.84 Å². The van der Waals surface area contributed by atoms with Crippen LogP contribution in [0.15, 0.2) is 90.2 Å². The second-order valence-corrected chi connectivity index (χ2v) is 15.6. The minimum absolute atomic E-state index is 0.0818. The number of carbonyl (C=O) groups is 1. The molecule has 274 valence electrons. The summed E-state index contributed by atoms with van der Waals surface area (Å²) in [5.41, 5.74) is 5.29. The summed E-state index contributed by atoms with van der Waals surface area (Å²) in [6.07, 6.45) is 5.54. The summed E-state index contributed by atoms with van der Waals surface area (Å²) in [5, 5.41) is 11.9. The molecule has 16 heteroatoms. The largest absolute Gasteiger partial charge is 0.497 e. The van der Waals surface area contributed by atoms with Gasteiger partial charge >= 0.3 is 10.2 Å². The van der Waals surface area contributed by atoms with E-state index < -0.39 is 26.6 Å². The minimum Gasteiger partial charge on any atom is -0.497 e. The summed E-state index contributed by atoms with van der Waals surface area (Å²) in [6, 6.07) is 16.6. The molecule has 1 saturated heterocycles. The standard InChI is InChI=1S/C36H37F5N8O2S/c1-24-5-8-29(43-36(50)27-15-30(46-13-11-45(3)12-14-46)18-32(16-27)52(37,38,39,40)41)17-34(24)48-21-25(2)49-35(48)19-33(44-49)28-20-42-47(23-28)22-26-6-9-31(51-4)10-7-26/h5-10,15-21,23H,11-14,22H2,1-4H3,(H,43,50). The molecular weight excluding hydrogens is 704 g/mol. The zero-order valence-corrected chi connectivity index (χ0v) is 29.7. The number of likely N-dealkylation sites (N-methyl/N-ethyl adjacent to an activating group) is 1. The number of piperazine rings is 1. The van der Waals surface area contributed by atoms with Crippen molar-refractivity contribution in [2.24, 2.45) is 0 Å². The first-order valence-electron chi connectivity index (χ1n) is 16.4. The molecule has 3 aromatic heterocycles. The van der Waals surface area contributed by atoms with Gasteiger partial charge in [0.05, 0.1) is 36.9 Å². The fraction of sp³-hybridized carbons (Fsp3) is 0.250. The summed E-state index contributed by atoms with van der Waals surface area (Å²) in [7, 11) is -6.62. The van der Waals surface area contributed by atoms with E-state index in [1.165, 1.54) is 6.07 Å². The topological polar surface area (TPSA) is 84.9 Å². The molecule has 1 N–H and O–H groups in total. The van der Waals surface area contributed by atoms with Crippen LogP contribution in [0.3, 0.4) is 0 Å². The molecule has 1 aliphatic rings. The summed E-state index contributed by atoms with van der Waals surface area (Å²) >= 11 is 0. The number of methoxy groups -OCH3 is 1. The summed E-state index contributed by atoms with van der Waals surface area (Å²) in [6.45, 7) is 6.07. The first kappa shape index (κ1) is 35.1. The van der Waals surface area contributed by atoms with E-state index in [0.29, 0.717) is 50.2 Å². The van der Waals surface area contributed by atoms with Crippen LogP contribution in [0.5, 0.6) is 5.75 Å². The average molecular weight is 741 g/mol. The van der Waals surface area contributed by atoms with Crippen LogP contribution in [-0.2, 0) is 6.54 Å². The van der Waals surface area contributed by atoms with Gasteiger partial charge in [-0.2, -0.15) is 10.2 Å². The van der Waals surface area contributed by atoms with Crippen molar-refractivity contribution in [2.75, 3.05) is 50.6 Å². The van der Waals surface area contributed by atoms with Crippen LogP contribution in [0.25, 0.3) is 22.6 Å². The number of fused-ring (bicyclic) bond motifs is 1. The fourth-order valence-electron chi connectivity index (χ4n) is 6.28. The predicted molar refractivity (Wildman–Crippen MR) is 193 cm³/mol. The summed E-state index contributed by atoms with van der Waals surface area (Å²) < 4.78 is 81.2. The molecule has 0 saturated carbocycles. The Morgan fingerprint density at radius 1 is 0.904 bits per heavy atom. The van der Waals surface area contributed by atoms with Crippen LogP contribution in [0.4, 0.5) is 30.8 Å². The lowest BCUT2D eigenvalue weighted by Crippen LogP contribution is -2.44. The van der Waals surface area contributed by atoms with Crippen LogP contribution in [0.1, 0.15) is 27.2 Å². The van der Waals surface area contributed by atoms with Gasteiger partial charge in [0.25, 0.3) is 5.91 Å². The van der Waals surface area contributed by atoms with E-state index in [2.05, 4.69) is 10.4 Å². The van der Waals surface area contributed by atoms with Gasteiger partial charge in [-0.3, -0.25) is 14.0 Å². The number of benzene rings is 3. The monoisotopic (exact) mass is 740 g/mol. The van der Waals surface area contributed by atoms with E-state index in [9.17, 15) is 24.2 Å². The maximum absolute atomic E-state index is 14.1. The van der Waals surface area contributed by atoms with E-state index in [-0.39, 0.29) is 17.4 Å². The number of aryl methyl sites for hydroxylation is 2. The Morgan fingerprint density at radius 2 is 1.63 bits per heavy atom. The molecule has 52 heavy (non-hydrogen) atoms. The summed E-state index contributed by atoms with van der Waals surface area (Å²) in [4.78, 5) is 14.9. The van der Waals surface area contributed by atoms with Crippen molar-refractivity contribution >= 4 is 33.2 Å².